The van der Waals surface area contributed by atoms with Gasteiger partial charge >= 0.3 is 12.1 Å². The minimum absolute atomic E-state index is 0.0237. The topological polar surface area (TPSA) is 144 Å². The average Bonchev–Trinajstić information content (AvgIpc) is 3.08. The molecule has 0 spiro atoms. The SMILES string of the molecule is C=C(CC1=C(C(=O)OC(c2ccccc2)c2ccccc2)N2C(=O)C(NC(=O)[C@H](NC(=O)OC(C)(C)C)c3ccc(O)cc3)[C@H]2SC1)OCC. The fourth-order valence-electron chi connectivity index (χ4n) is 5.68. The van der Waals surface area contributed by atoms with Gasteiger partial charge in [0.2, 0.25) is 5.91 Å². The summed E-state index contributed by atoms with van der Waals surface area (Å²) in [4.78, 5) is 56.0. The summed E-state index contributed by atoms with van der Waals surface area (Å²) in [6.45, 7) is 11.3. The van der Waals surface area contributed by atoms with E-state index in [-0.39, 0.29) is 17.9 Å². The molecule has 0 radical (unpaired) electrons. The van der Waals surface area contributed by atoms with Crippen LogP contribution in [0.4, 0.5) is 4.79 Å². The van der Waals surface area contributed by atoms with Crippen LogP contribution in [0, 0.1) is 0 Å². The Morgan fingerprint density at radius 1 is 0.960 bits per heavy atom. The first-order chi connectivity index (χ1) is 23.9. The fourth-order valence-corrected chi connectivity index (χ4v) is 7.02. The van der Waals surface area contributed by atoms with Crippen LogP contribution in [0.2, 0.25) is 0 Å². The number of amides is 3. The molecule has 3 aromatic carbocycles. The highest BCUT2D eigenvalue weighted by atomic mass is 32.2. The molecule has 1 fully saturated rings. The fraction of sp³-hybridized carbons (Fsp3) is 0.316. The third-order valence-corrected chi connectivity index (χ3v) is 9.22. The minimum atomic E-state index is -1.25. The molecule has 3 atom stereocenters. The van der Waals surface area contributed by atoms with Crippen LogP contribution in [0.25, 0.3) is 0 Å². The number of fused-ring (bicyclic) bond motifs is 1. The Kier molecular flexibility index (Phi) is 11.2. The number of benzene rings is 3. The van der Waals surface area contributed by atoms with Gasteiger partial charge in [-0.1, -0.05) is 79.4 Å². The predicted molar refractivity (Wildman–Crippen MR) is 188 cm³/mol. The van der Waals surface area contributed by atoms with Gasteiger partial charge in [0.05, 0.1) is 12.4 Å². The number of thioether (sulfide) groups is 1. The van der Waals surface area contributed by atoms with Crippen molar-refractivity contribution in [3.8, 4) is 5.75 Å². The summed E-state index contributed by atoms with van der Waals surface area (Å²) in [5.41, 5.74) is 1.75. The lowest BCUT2D eigenvalue weighted by Gasteiger charge is -2.50. The average molecular weight is 700 g/mol. The van der Waals surface area contributed by atoms with Gasteiger partial charge in [0.15, 0.2) is 6.10 Å². The molecule has 3 aromatic rings. The molecule has 3 N–H and O–H groups in total. The van der Waals surface area contributed by atoms with Gasteiger partial charge in [-0.2, -0.15) is 0 Å². The Balaban J connectivity index is 1.41. The smallest absolute Gasteiger partial charge is 0.408 e. The van der Waals surface area contributed by atoms with Crippen molar-refractivity contribution < 1.29 is 38.5 Å². The van der Waals surface area contributed by atoms with Crippen LogP contribution >= 0.6 is 11.8 Å². The molecule has 12 heteroatoms. The van der Waals surface area contributed by atoms with Crippen LogP contribution in [0.3, 0.4) is 0 Å². The maximum atomic E-state index is 14.2. The number of ether oxygens (including phenoxy) is 3. The third kappa shape index (κ3) is 8.49. The standard InChI is InChI=1S/C38H41N3O8S/c1-6-47-23(2)21-27-22-50-35-30(39-33(43)29(24-17-19-28(42)20-18-24)40-37(46)49-38(3,4)5)34(44)41(35)31(27)36(45)48-32(25-13-9-7-10-14-25)26-15-11-8-12-16-26/h7-20,29-30,32,35,42H,2,6,21-22H2,1,3-5H3,(H,39,43)(H,40,46)/t29-,30?,35-/m1/s1. The number of allylic oxidation sites excluding steroid dienone is 1. The Bertz CT molecular complexity index is 1720. The maximum absolute atomic E-state index is 14.2. The number of aromatic hydroxyl groups is 1. The van der Waals surface area contributed by atoms with E-state index in [0.29, 0.717) is 29.3 Å². The number of carbonyl (C=O) groups is 4. The predicted octanol–water partition coefficient (Wildman–Crippen LogP) is 5.89. The van der Waals surface area contributed by atoms with Gasteiger partial charge in [0, 0.05) is 12.2 Å². The summed E-state index contributed by atoms with van der Waals surface area (Å²) >= 11 is 1.38. The Morgan fingerprint density at radius 3 is 2.12 bits per heavy atom. The molecule has 0 bridgehead atoms. The minimum Gasteiger partial charge on any atom is -0.508 e. The van der Waals surface area contributed by atoms with E-state index in [9.17, 15) is 24.3 Å². The van der Waals surface area contributed by atoms with Crippen LogP contribution in [0.5, 0.6) is 5.75 Å². The van der Waals surface area contributed by atoms with Crippen molar-refractivity contribution in [2.45, 2.75) is 63.3 Å². The van der Waals surface area contributed by atoms with Crippen molar-refractivity contribution in [2.24, 2.45) is 0 Å². The van der Waals surface area contributed by atoms with Gasteiger partial charge in [-0.05, 0) is 62.1 Å². The quantitative estimate of drug-likeness (QED) is 0.120. The van der Waals surface area contributed by atoms with E-state index in [1.807, 2.05) is 67.6 Å². The second kappa shape index (κ2) is 15.5. The monoisotopic (exact) mass is 699 g/mol. The molecule has 1 unspecified atom stereocenters. The number of hydrogen-bond acceptors (Lipinski definition) is 9. The largest absolute Gasteiger partial charge is 0.508 e. The van der Waals surface area contributed by atoms with Gasteiger partial charge in [-0.15, -0.1) is 11.8 Å². The summed E-state index contributed by atoms with van der Waals surface area (Å²) in [6, 6.07) is 22.2. The number of esters is 1. The first-order valence-corrected chi connectivity index (χ1v) is 17.3. The van der Waals surface area contributed by atoms with Crippen molar-refractivity contribution >= 4 is 35.6 Å². The molecule has 2 aliphatic heterocycles. The summed E-state index contributed by atoms with van der Waals surface area (Å²) in [6.07, 6.45) is -1.38. The van der Waals surface area contributed by atoms with Crippen molar-refractivity contribution in [3.63, 3.8) is 0 Å². The molecule has 0 aliphatic carbocycles. The first kappa shape index (κ1) is 36.1. The van der Waals surface area contributed by atoms with Crippen LogP contribution in [-0.2, 0) is 28.6 Å². The summed E-state index contributed by atoms with van der Waals surface area (Å²) < 4.78 is 17.2. The van der Waals surface area contributed by atoms with E-state index >= 15 is 0 Å². The van der Waals surface area contributed by atoms with Crippen molar-refractivity contribution in [2.75, 3.05) is 12.4 Å². The second-order valence-corrected chi connectivity index (χ2v) is 13.9. The zero-order valence-electron chi connectivity index (χ0n) is 28.4. The van der Waals surface area contributed by atoms with E-state index in [4.69, 9.17) is 14.2 Å². The molecular weight excluding hydrogens is 658 g/mol. The number of nitrogens with one attached hydrogen (secondary N) is 2. The number of phenolic OH excluding ortho intramolecular Hbond substituents is 1. The summed E-state index contributed by atoms with van der Waals surface area (Å²) in [5, 5.41) is 14.5. The molecule has 3 amide bonds. The van der Waals surface area contributed by atoms with Crippen LogP contribution < -0.4 is 10.6 Å². The number of hydrogen-bond donors (Lipinski definition) is 3. The zero-order chi connectivity index (χ0) is 36.0. The van der Waals surface area contributed by atoms with E-state index in [2.05, 4.69) is 17.2 Å². The lowest BCUT2D eigenvalue weighted by atomic mass is 9.99. The highest BCUT2D eigenvalue weighted by Gasteiger charge is 2.55. The molecule has 2 aliphatic rings. The van der Waals surface area contributed by atoms with Gasteiger partial charge in [0.25, 0.3) is 5.91 Å². The number of phenols is 1. The molecular formula is C38H41N3O8S. The molecule has 0 saturated carbocycles. The van der Waals surface area contributed by atoms with Crippen molar-refractivity contribution in [3.05, 3.63) is 125 Å². The Labute approximate surface area is 295 Å². The third-order valence-electron chi connectivity index (χ3n) is 7.88. The molecule has 5 rings (SSSR count). The van der Waals surface area contributed by atoms with Gasteiger partial charge in [-0.3, -0.25) is 14.5 Å². The van der Waals surface area contributed by atoms with Crippen LogP contribution in [0.15, 0.2) is 109 Å². The van der Waals surface area contributed by atoms with Gasteiger partial charge in [0.1, 0.15) is 34.5 Å². The molecule has 1 saturated heterocycles. The molecule has 11 nitrogen and oxygen atoms in total. The molecule has 0 aromatic heterocycles. The lowest BCUT2D eigenvalue weighted by Crippen LogP contribution is -2.71. The normalized spacial score (nSPS) is 17.6. The zero-order valence-corrected chi connectivity index (χ0v) is 29.2. The van der Waals surface area contributed by atoms with E-state index in [0.717, 1.165) is 11.1 Å². The van der Waals surface area contributed by atoms with Crippen molar-refractivity contribution in [1.82, 2.24) is 15.5 Å². The molecule has 2 heterocycles. The number of carbonyl (C=O) groups excluding carboxylic acids is 4. The maximum Gasteiger partial charge on any atom is 0.408 e. The van der Waals surface area contributed by atoms with Crippen molar-refractivity contribution in [1.29, 1.82) is 0 Å². The van der Waals surface area contributed by atoms with Gasteiger partial charge < -0.3 is 30.0 Å². The molecule has 262 valence electrons. The lowest BCUT2D eigenvalue weighted by molar-refractivity contribution is -0.154. The summed E-state index contributed by atoms with van der Waals surface area (Å²) in [7, 11) is 0. The van der Waals surface area contributed by atoms with Gasteiger partial charge in [-0.25, -0.2) is 9.59 Å². The first-order valence-electron chi connectivity index (χ1n) is 16.2. The molecule has 50 heavy (non-hydrogen) atoms. The van der Waals surface area contributed by atoms with Crippen LogP contribution in [-0.4, -0.2) is 63.3 Å². The van der Waals surface area contributed by atoms with E-state index in [1.54, 1.807) is 20.8 Å². The number of alkyl carbamates (subject to hydrolysis) is 1. The second-order valence-electron chi connectivity index (χ2n) is 12.8. The van der Waals surface area contributed by atoms with E-state index < -0.39 is 53.0 Å². The summed E-state index contributed by atoms with van der Waals surface area (Å²) in [5.74, 6) is -1.12. The number of β-lactam (4-membered cyclic amide) rings is 1. The number of rotatable bonds is 12. The van der Waals surface area contributed by atoms with E-state index in [1.165, 1.54) is 40.9 Å². The Hall–Kier alpha value is -5.23. The van der Waals surface area contributed by atoms with Crippen LogP contribution in [0.1, 0.15) is 63.0 Å². The Morgan fingerprint density at radius 2 is 1.56 bits per heavy atom. The number of nitrogens with zero attached hydrogens (tertiary/aromatic N) is 1. The highest BCUT2D eigenvalue weighted by molar-refractivity contribution is 8.00. The highest BCUT2D eigenvalue weighted by Crippen LogP contribution is 2.43.